The molecule has 0 amide bonds. The number of methoxy groups -OCH3 is 1. The minimum atomic E-state index is -0.808. The van der Waals surface area contributed by atoms with Crippen LogP contribution in [0.1, 0.15) is 12.8 Å². The molecular weight excluding hydrogens is 310 g/mol. The largest absolute Gasteiger partial charge is 0.497 e. The van der Waals surface area contributed by atoms with Crippen LogP contribution in [-0.2, 0) is 4.79 Å². The van der Waals surface area contributed by atoms with Crippen molar-refractivity contribution in [2.75, 3.05) is 19.0 Å². The molecule has 0 radical (unpaired) electrons. The molecule has 24 heavy (non-hydrogen) atoms. The van der Waals surface area contributed by atoms with Gasteiger partial charge in [0.05, 0.1) is 24.4 Å². The topological polar surface area (TPSA) is 102 Å². The summed E-state index contributed by atoms with van der Waals surface area (Å²) in [5.74, 6) is 0.604. The van der Waals surface area contributed by atoms with E-state index in [9.17, 15) is 4.79 Å². The highest BCUT2D eigenvalue weighted by Gasteiger charge is 2.11. The first-order valence-corrected chi connectivity index (χ1v) is 7.48. The Bertz CT molecular complexity index is 845. The van der Waals surface area contributed by atoms with Crippen molar-refractivity contribution in [3.05, 3.63) is 36.8 Å². The van der Waals surface area contributed by atoms with Gasteiger partial charge in [-0.1, -0.05) is 0 Å². The molecule has 8 heteroatoms. The van der Waals surface area contributed by atoms with Crippen LogP contribution in [0.2, 0.25) is 0 Å². The van der Waals surface area contributed by atoms with Crippen LogP contribution in [0, 0.1) is 0 Å². The van der Waals surface area contributed by atoms with Gasteiger partial charge < -0.3 is 15.2 Å². The fraction of sp³-hybridized carbons (Fsp3) is 0.250. The molecule has 8 nitrogen and oxygen atoms in total. The first-order chi connectivity index (χ1) is 11.7. The normalized spacial score (nSPS) is 10.7. The number of rotatable bonds is 7. The Morgan fingerprint density at radius 2 is 2.08 bits per heavy atom. The molecule has 1 aromatic carbocycles. The molecule has 0 spiro atoms. The minimum Gasteiger partial charge on any atom is -0.497 e. The van der Waals surface area contributed by atoms with Crippen LogP contribution in [-0.4, -0.2) is 44.5 Å². The third-order valence-corrected chi connectivity index (χ3v) is 3.54. The summed E-state index contributed by atoms with van der Waals surface area (Å²) >= 11 is 0. The third-order valence-electron chi connectivity index (χ3n) is 3.54. The molecule has 0 aliphatic carbocycles. The van der Waals surface area contributed by atoms with Crippen LogP contribution in [0.3, 0.4) is 0 Å². The zero-order valence-corrected chi connectivity index (χ0v) is 13.1. The average Bonchev–Trinajstić information content (AvgIpc) is 3.03. The molecule has 2 N–H and O–H groups in total. The highest BCUT2D eigenvalue weighted by Crippen LogP contribution is 2.22. The van der Waals surface area contributed by atoms with Crippen LogP contribution in [0.15, 0.2) is 36.8 Å². The minimum absolute atomic E-state index is 0.117. The monoisotopic (exact) mass is 327 g/mol. The Balaban J connectivity index is 1.84. The van der Waals surface area contributed by atoms with Gasteiger partial charge in [0.25, 0.3) is 0 Å². The lowest BCUT2D eigenvalue weighted by molar-refractivity contribution is -0.137. The van der Waals surface area contributed by atoms with Gasteiger partial charge in [-0.2, -0.15) is 5.10 Å². The standard InChI is InChI=1S/C16H17N5O3/c1-24-12-6-4-11(5-7-12)21-16-13(9-20-21)15(18-10-19-16)17-8-2-3-14(22)23/h4-7,9-10H,2-3,8H2,1H3,(H,22,23)(H,17,18,19). The smallest absolute Gasteiger partial charge is 0.303 e. The summed E-state index contributed by atoms with van der Waals surface area (Å²) < 4.78 is 6.88. The van der Waals surface area contributed by atoms with E-state index in [0.717, 1.165) is 16.8 Å². The van der Waals surface area contributed by atoms with E-state index in [0.29, 0.717) is 24.4 Å². The number of aromatic nitrogens is 4. The van der Waals surface area contributed by atoms with Gasteiger partial charge in [-0.25, -0.2) is 14.6 Å². The van der Waals surface area contributed by atoms with E-state index in [1.54, 1.807) is 18.0 Å². The Morgan fingerprint density at radius 1 is 1.29 bits per heavy atom. The maximum atomic E-state index is 10.6. The Hall–Kier alpha value is -3.16. The van der Waals surface area contributed by atoms with E-state index < -0.39 is 5.97 Å². The number of nitrogens with zero attached hydrogens (tertiary/aromatic N) is 4. The van der Waals surface area contributed by atoms with Crippen LogP contribution < -0.4 is 10.1 Å². The van der Waals surface area contributed by atoms with Crippen molar-refractivity contribution in [1.82, 2.24) is 19.7 Å². The molecule has 0 atom stereocenters. The number of carboxylic acids is 1. The summed E-state index contributed by atoms with van der Waals surface area (Å²) in [5, 5.41) is 17.0. The van der Waals surface area contributed by atoms with Gasteiger partial charge in [-0.15, -0.1) is 0 Å². The van der Waals surface area contributed by atoms with Crippen LogP contribution in [0.25, 0.3) is 16.7 Å². The molecule has 0 saturated heterocycles. The third kappa shape index (κ3) is 3.27. The first-order valence-electron chi connectivity index (χ1n) is 7.48. The number of fused-ring (bicyclic) bond motifs is 1. The molecule has 0 fully saturated rings. The predicted octanol–water partition coefficient (Wildman–Crippen LogP) is 2.10. The molecule has 0 aliphatic rings. The fourth-order valence-electron chi connectivity index (χ4n) is 2.34. The summed E-state index contributed by atoms with van der Waals surface area (Å²) in [6.07, 6.45) is 3.79. The summed E-state index contributed by atoms with van der Waals surface area (Å²) in [4.78, 5) is 19.1. The van der Waals surface area contributed by atoms with Crippen LogP contribution >= 0.6 is 0 Å². The molecule has 0 unspecified atom stereocenters. The Morgan fingerprint density at radius 3 is 2.79 bits per heavy atom. The number of hydrogen-bond acceptors (Lipinski definition) is 6. The SMILES string of the molecule is COc1ccc(-n2ncc3c(NCCCC(=O)O)ncnc32)cc1. The zero-order chi connectivity index (χ0) is 16.9. The molecule has 2 aromatic heterocycles. The molecule has 0 aliphatic heterocycles. The summed E-state index contributed by atoms with van der Waals surface area (Å²) in [6.45, 7) is 0.520. The van der Waals surface area contributed by atoms with Gasteiger partial charge in [0.1, 0.15) is 17.9 Å². The number of benzene rings is 1. The number of anilines is 1. The average molecular weight is 327 g/mol. The van der Waals surface area contributed by atoms with Crippen molar-refractivity contribution < 1.29 is 14.6 Å². The van der Waals surface area contributed by atoms with Crippen molar-refractivity contribution in [3.63, 3.8) is 0 Å². The highest BCUT2D eigenvalue weighted by atomic mass is 16.5. The maximum Gasteiger partial charge on any atom is 0.303 e. The van der Waals surface area contributed by atoms with Crippen LogP contribution in [0.5, 0.6) is 5.75 Å². The number of ether oxygens (including phenoxy) is 1. The van der Waals surface area contributed by atoms with Crippen molar-refractivity contribution in [2.24, 2.45) is 0 Å². The summed E-state index contributed by atoms with van der Waals surface area (Å²) in [7, 11) is 1.62. The molecular formula is C16H17N5O3. The molecule has 0 bridgehead atoms. The summed E-state index contributed by atoms with van der Waals surface area (Å²) in [5.41, 5.74) is 1.54. The highest BCUT2D eigenvalue weighted by molar-refractivity contribution is 5.87. The number of aliphatic carboxylic acids is 1. The van der Waals surface area contributed by atoms with Crippen LogP contribution in [0.4, 0.5) is 5.82 Å². The molecule has 3 aromatic rings. The second-order valence-electron chi connectivity index (χ2n) is 5.14. The van der Waals surface area contributed by atoms with E-state index >= 15 is 0 Å². The van der Waals surface area contributed by atoms with Gasteiger partial charge in [-0.05, 0) is 30.7 Å². The molecule has 0 saturated carbocycles. The second kappa shape index (κ2) is 6.95. The first kappa shape index (κ1) is 15.7. The lowest BCUT2D eigenvalue weighted by Crippen LogP contribution is -2.07. The fourth-order valence-corrected chi connectivity index (χ4v) is 2.34. The van der Waals surface area contributed by atoms with Gasteiger partial charge in [0.2, 0.25) is 0 Å². The molecule has 3 rings (SSSR count). The second-order valence-corrected chi connectivity index (χ2v) is 5.14. The Labute approximate surface area is 138 Å². The molecule has 124 valence electrons. The predicted molar refractivity (Wildman–Crippen MR) is 88.6 cm³/mol. The van der Waals surface area contributed by atoms with Crippen molar-refractivity contribution in [1.29, 1.82) is 0 Å². The van der Waals surface area contributed by atoms with E-state index in [2.05, 4.69) is 20.4 Å². The van der Waals surface area contributed by atoms with Gasteiger partial charge >= 0.3 is 5.97 Å². The number of nitrogens with one attached hydrogen (secondary N) is 1. The summed E-state index contributed by atoms with van der Waals surface area (Å²) in [6, 6.07) is 7.50. The quantitative estimate of drug-likeness (QED) is 0.641. The van der Waals surface area contributed by atoms with Gasteiger partial charge in [0, 0.05) is 13.0 Å². The zero-order valence-electron chi connectivity index (χ0n) is 13.1. The number of carboxylic acid groups (broad SMARTS) is 1. The number of hydrogen-bond donors (Lipinski definition) is 2. The lowest BCUT2D eigenvalue weighted by atomic mass is 10.3. The van der Waals surface area contributed by atoms with Gasteiger partial charge in [0.15, 0.2) is 5.65 Å². The Kier molecular flexibility index (Phi) is 4.55. The van der Waals surface area contributed by atoms with E-state index in [1.807, 2.05) is 24.3 Å². The lowest BCUT2D eigenvalue weighted by Gasteiger charge is -2.07. The van der Waals surface area contributed by atoms with Crippen molar-refractivity contribution in [3.8, 4) is 11.4 Å². The van der Waals surface area contributed by atoms with E-state index in [4.69, 9.17) is 9.84 Å². The van der Waals surface area contributed by atoms with Crippen molar-refractivity contribution in [2.45, 2.75) is 12.8 Å². The van der Waals surface area contributed by atoms with E-state index in [1.165, 1.54) is 6.33 Å². The van der Waals surface area contributed by atoms with Gasteiger partial charge in [-0.3, -0.25) is 4.79 Å². The maximum absolute atomic E-state index is 10.6. The van der Waals surface area contributed by atoms with E-state index in [-0.39, 0.29) is 6.42 Å². The number of carbonyl (C=O) groups is 1. The van der Waals surface area contributed by atoms with Crippen molar-refractivity contribution >= 4 is 22.8 Å². The molecule has 2 heterocycles.